The third-order valence-corrected chi connectivity index (χ3v) is 6.05. The molecule has 1 atom stereocenters. The molecule has 0 unspecified atom stereocenters. The standard InChI is InChI=1S/C25H30N4O4/c1-33-16-23(31)27-20-12-21(25(32)28-10-5-8-19(14-28)15-30)24-22(13-20)26-17-29(24)11-9-18-6-3-2-4-7-18/h2-4,6-7,12-13,17,19,30H,5,8-11,14-16H2,1H3,(H,27,31)/t19-/m0/s1. The van der Waals surface area contributed by atoms with Gasteiger partial charge in [-0.3, -0.25) is 9.59 Å². The highest BCUT2D eigenvalue weighted by Gasteiger charge is 2.27. The number of piperidine rings is 1. The smallest absolute Gasteiger partial charge is 0.256 e. The number of benzene rings is 2. The third kappa shape index (κ3) is 5.40. The van der Waals surface area contributed by atoms with Crippen LogP contribution in [0.5, 0.6) is 0 Å². The number of hydrogen-bond acceptors (Lipinski definition) is 5. The van der Waals surface area contributed by atoms with Crippen LogP contribution in [0, 0.1) is 5.92 Å². The fraction of sp³-hybridized carbons (Fsp3) is 0.400. The van der Waals surface area contributed by atoms with Gasteiger partial charge in [-0.25, -0.2) is 4.98 Å². The Hall–Kier alpha value is -3.23. The second-order valence-electron chi connectivity index (χ2n) is 8.49. The zero-order valence-corrected chi connectivity index (χ0v) is 18.9. The normalized spacial score (nSPS) is 16.2. The molecule has 0 spiro atoms. The minimum Gasteiger partial charge on any atom is -0.396 e. The molecule has 1 aliphatic heterocycles. The Labute approximate surface area is 193 Å². The summed E-state index contributed by atoms with van der Waals surface area (Å²) in [6.45, 7) is 1.85. The number of carbonyl (C=O) groups excluding carboxylic acids is 2. The maximum Gasteiger partial charge on any atom is 0.256 e. The molecule has 0 aliphatic carbocycles. The van der Waals surface area contributed by atoms with E-state index in [4.69, 9.17) is 4.74 Å². The molecule has 2 heterocycles. The SMILES string of the molecule is COCC(=O)Nc1cc(C(=O)N2CCC[C@H](CO)C2)c2c(c1)ncn2CCc1ccccc1. The van der Waals surface area contributed by atoms with Crippen molar-refractivity contribution in [2.75, 3.05) is 38.7 Å². The number of aromatic nitrogens is 2. The molecule has 8 nitrogen and oxygen atoms in total. The van der Waals surface area contributed by atoms with E-state index >= 15 is 0 Å². The number of carbonyl (C=O) groups is 2. The van der Waals surface area contributed by atoms with Gasteiger partial charge in [0.1, 0.15) is 6.61 Å². The zero-order chi connectivity index (χ0) is 23.2. The van der Waals surface area contributed by atoms with Gasteiger partial charge in [-0.05, 0) is 42.9 Å². The second kappa shape index (κ2) is 10.6. The number of ether oxygens (including phenoxy) is 1. The number of likely N-dealkylation sites (tertiary alicyclic amines) is 1. The van der Waals surface area contributed by atoms with Crippen LogP contribution in [-0.4, -0.2) is 64.8 Å². The fourth-order valence-corrected chi connectivity index (χ4v) is 4.41. The van der Waals surface area contributed by atoms with Crippen molar-refractivity contribution in [3.8, 4) is 0 Å². The summed E-state index contributed by atoms with van der Waals surface area (Å²) in [7, 11) is 1.46. The van der Waals surface area contributed by atoms with E-state index in [0.29, 0.717) is 36.4 Å². The second-order valence-corrected chi connectivity index (χ2v) is 8.49. The number of aliphatic hydroxyl groups excluding tert-OH is 1. The van der Waals surface area contributed by atoms with Crippen LogP contribution in [0.4, 0.5) is 5.69 Å². The number of nitrogens with zero attached hydrogens (tertiary/aromatic N) is 3. The van der Waals surface area contributed by atoms with Gasteiger partial charge in [-0.15, -0.1) is 0 Å². The first-order chi connectivity index (χ1) is 16.1. The number of hydrogen-bond donors (Lipinski definition) is 2. The molecule has 1 fully saturated rings. The molecule has 8 heteroatoms. The number of imidazole rings is 1. The Morgan fingerprint density at radius 2 is 2.06 bits per heavy atom. The summed E-state index contributed by atoms with van der Waals surface area (Å²) in [4.78, 5) is 32.1. The van der Waals surface area contributed by atoms with E-state index in [2.05, 4.69) is 22.4 Å². The first-order valence-electron chi connectivity index (χ1n) is 11.3. The summed E-state index contributed by atoms with van der Waals surface area (Å²) >= 11 is 0. The van der Waals surface area contributed by atoms with Crippen molar-refractivity contribution in [1.29, 1.82) is 0 Å². The summed E-state index contributed by atoms with van der Waals surface area (Å²) in [6.07, 6.45) is 4.33. The van der Waals surface area contributed by atoms with Crippen LogP contribution >= 0.6 is 0 Å². The van der Waals surface area contributed by atoms with E-state index in [0.717, 1.165) is 24.8 Å². The lowest BCUT2D eigenvalue weighted by Gasteiger charge is -2.32. The molecule has 1 saturated heterocycles. The molecule has 2 N–H and O–H groups in total. The maximum atomic E-state index is 13.6. The van der Waals surface area contributed by atoms with E-state index in [1.165, 1.54) is 12.7 Å². The Bertz CT molecular complexity index is 1110. The van der Waals surface area contributed by atoms with E-state index in [-0.39, 0.29) is 30.9 Å². The average Bonchev–Trinajstić information content (AvgIpc) is 3.25. The largest absolute Gasteiger partial charge is 0.396 e. The zero-order valence-electron chi connectivity index (χ0n) is 18.9. The number of aliphatic hydroxyl groups is 1. The summed E-state index contributed by atoms with van der Waals surface area (Å²) in [5.41, 5.74) is 3.63. The van der Waals surface area contributed by atoms with E-state index in [1.807, 2.05) is 22.8 Å². The van der Waals surface area contributed by atoms with Crippen LogP contribution < -0.4 is 5.32 Å². The van der Waals surface area contributed by atoms with E-state index in [9.17, 15) is 14.7 Å². The minimum absolute atomic E-state index is 0.0707. The number of rotatable bonds is 8. The van der Waals surface area contributed by atoms with Crippen molar-refractivity contribution in [2.45, 2.75) is 25.8 Å². The molecule has 3 aromatic rings. The number of methoxy groups -OCH3 is 1. The Kier molecular flexibility index (Phi) is 7.36. The molecule has 1 aliphatic rings. The van der Waals surface area contributed by atoms with Crippen LogP contribution in [0.3, 0.4) is 0 Å². The molecule has 1 aromatic heterocycles. The van der Waals surface area contributed by atoms with Crippen molar-refractivity contribution < 1.29 is 19.4 Å². The van der Waals surface area contributed by atoms with Crippen molar-refractivity contribution in [1.82, 2.24) is 14.5 Å². The molecule has 0 saturated carbocycles. The maximum absolute atomic E-state index is 13.6. The predicted octanol–water partition coefficient (Wildman–Crippen LogP) is 2.71. The highest BCUT2D eigenvalue weighted by Crippen LogP contribution is 2.27. The number of aryl methyl sites for hydroxylation is 2. The van der Waals surface area contributed by atoms with Gasteiger partial charge in [0.15, 0.2) is 0 Å². The number of amides is 2. The molecule has 33 heavy (non-hydrogen) atoms. The predicted molar refractivity (Wildman–Crippen MR) is 126 cm³/mol. The highest BCUT2D eigenvalue weighted by atomic mass is 16.5. The molecular formula is C25H30N4O4. The van der Waals surface area contributed by atoms with Crippen LogP contribution in [0.25, 0.3) is 11.0 Å². The first kappa shape index (κ1) is 22.9. The summed E-state index contributed by atoms with van der Waals surface area (Å²) in [6, 6.07) is 13.7. The minimum atomic E-state index is -0.294. The van der Waals surface area contributed by atoms with Gasteiger partial charge in [0.2, 0.25) is 5.91 Å². The lowest BCUT2D eigenvalue weighted by molar-refractivity contribution is -0.119. The van der Waals surface area contributed by atoms with Crippen LogP contribution in [0.2, 0.25) is 0 Å². The topological polar surface area (TPSA) is 96.7 Å². The van der Waals surface area contributed by atoms with Gasteiger partial charge in [-0.1, -0.05) is 30.3 Å². The summed E-state index contributed by atoms with van der Waals surface area (Å²) in [5, 5.41) is 12.4. The molecule has 4 rings (SSSR count). The quantitative estimate of drug-likeness (QED) is 0.550. The lowest BCUT2D eigenvalue weighted by atomic mass is 9.98. The van der Waals surface area contributed by atoms with Gasteiger partial charge >= 0.3 is 0 Å². The lowest BCUT2D eigenvalue weighted by Crippen LogP contribution is -2.41. The fourth-order valence-electron chi connectivity index (χ4n) is 4.41. The van der Waals surface area contributed by atoms with Gasteiger partial charge < -0.3 is 24.6 Å². The Morgan fingerprint density at radius 3 is 2.82 bits per heavy atom. The van der Waals surface area contributed by atoms with Crippen LogP contribution in [-0.2, 0) is 22.5 Å². The molecule has 2 amide bonds. The molecule has 174 valence electrons. The van der Waals surface area contributed by atoms with Crippen molar-refractivity contribution >= 4 is 28.5 Å². The molecular weight excluding hydrogens is 420 g/mol. The van der Waals surface area contributed by atoms with Crippen molar-refractivity contribution in [3.63, 3.8) is 0 Å². The van der Waals surface area contributed by atoms with Gasteiger partial charge in [-0.2, -0.15) is 0 Å². The summed E-state index contributed by atoms with van der Waals surface area (Å²) in [5.74, 6) is -0.315. The third-order valence-electron chi connectivity index (χ3n) is 6.05. The average molecular weight is 451 g/mol. The highest BCUT2D eigenvalue weighted by molar-refractivity contribution is 6.07. The molecule has 0 bridgehead atoms. The van der Waals surface area contributed by atoms with Gasteiger partial charge in [0.05, 0.1) is 22.9 Å². The number of nitrogens with one attached hydrogen (secondary N) is 1. The van der Waals surface area contributed by atoms with Crippen LogP contribution in [0.15, 0.2) is 48.8 Å². The molecule has 2 aromatic carbocycles. The van der Waals surface area contributed by atoms with Crippen LogP contribution in [0.1, 0.15) is 28.8 Å². The number of fused-ring (bicyclic) bond motifs is 1. The Balaban J connectivity index is 1.68. The summed E-state index contributed by atoms with van der Waals surface area (Å²) < 4.78 is 6.91. The first-order valence-corrected chi connectivity index (χ1v) is 11.3. The molecule has 0 radical (unpaired) electrons. The monoisotopic (exact) mass is 450 g/mol. The van der Waals surface area contributed by atoms with Crippen molar-refractivity contribution in [3.05, 3.63) is 59.9 Å². The van der Waals surface area contributed by atoms with Gasteiger partial charge in [0, 0.05) is 39.0 Å². The van der Waals surface area contributed by atoms with E-state index < -0.39 is 0 Å². The van der Waals surface area contributed by atoms with E-state index in [1.54, 1.807) is 23.4 Å². The van der Waals surface area contributed by atoms with Gasteiger partial charge in [0.25, 0.3) is 5.91 Å². The Morgan fingerprint density at radius 1 is 1.24 bits per heavy atom. The van der Waals surface area contributed by atoms with Crippen molar-refractivity contribution in [2.24, 2.45) is 5.92 Å². The number of anilines is 1.